The smallest absolute Gasteiger partial charge is 0.271 e. The highest BCUT2D eigenvalue weighted by molar-refractivity contribution is 6.00. The van der Waals surface area contributed by atoms with Gasteiger partial charge < -0.3 is 10.6 Å². The highest BCUT2D eigenvalue weighted by atomic mass is 16.6. The molecule has 0 radical (unpaired) electrons. The summed E-state index contributed by atoms with van der Waals surface area (Å²) in [6.07, 6.45) is 10.6. The summed E-state index contributed by atoms with van der Waals surface area (Å²) in [7, 11) is 0. The number of rotatable bonds is 9. The molecule has 0 spiro atoms. The average molecular weight is 486 g/mol. The molecule has 0 aliphatic heterocycles. The summed E-state index contributed by atoms with van der Waals surface area (Å²) in [5.74, 6) is 1.77. The Hall–Kier alpha value is -2.44. The maximum absolute atomic E-state index is 14.0. The predicted molar refractivity (Wildman–Crippen MR) is 138 cm³/mol. The van der Waals surface area contributed by atoms with Crippen molar-refractivity contribution in [2.45, 2.75) is 104 Å². The fraction of sp³-hybridized carbons (Fsp3) is 0.714. The molecule has 0 saturated heterocycles. The normalized spacial score (nSPS) is 26.5. The van der Waals surface area contributed by atoms with E-state index in [0.29, 0.717) is 23.7 Å². The molecular weight excluding hydrogens is 442 g/mol. The van der Waals surface area contributed by atoms with Gasteiger partial charge in [0, 0.05) is 35.3 Å². The van der Waals surface area contributed by atoms with E-state index in [4.69, 9.17) is 5.73 Å². The molecule has 2 aliphatic carbocycles. The molecule has 7 nitrogen and oxygen atoms in total. The molecule has 2 aliphatic rings. The second kappa shape index (κ2) is 12.0. The lowest BCUT2D eigenvalue weighted by Crippen LogP contribution is -2.50. The summed E-state index contributed by atoms with van der Waals surface area (Å²) >= 11 is 0. The molecule has 3 rings (SSSR count). The zero-order chi connectivity index (χ0) is 25.7. The van der Waals surface area contributed by atoms with Gasteiger partial charge in [0.05, 0.1) is 4.92 Å². The van der Waals surface area contributed by atoms with E-state index in [9.17, 15) is 19.7 Å². The first-order valence-corrected chi connectivity index (χ1v) is 13.6. The zero-order valence-corrected chi connectivity index (χ0v) is 21.9. The summed E-state index contributed by atoms with van der Waals surface area (Å²) in [6, 6.07) is 4.14. The number of nitrogens with two attached hydrogens (primary N) is 1. The summed E-state index contributed by atoms with van der Waals surface area (Å²) < 4.78 is 0. The number of nitrogens with zero attached hydrogens (tertiary/aromatic N) is 2. The van der Waals surface area contributed by atoms with E-state index < -0.39 is 10.8 Å². The largest absolute Gasteiger partial charge is 0.366 e. The van der Waals surface area contributed by atoms with Gasteiger partial charge in [-0.1, -0.05) is 40.5 Å². The number of primary amides is 1. The van der Waals surface area contributed by atoms with Crippen molar-refractivity contribution in [1.29, 1.82) is 0 Å². The van der Waals surface area contributed by atoms with Crippen molar-refractivity contribution in [1.82, 2.24) is 4.90 Å². The fourth-order valence-electron chi connectivity index (χ4n) is 6.33. The molecule has 2 fully saturated rings. The van der Waals surface area contributed by atoms with Crippen LogP contribution in [0, 0.1) is 33.8 Å². The number of hydrogen-bond acceptors (Lipinski definition) is 4. The van der Waals surface area contributed by atoms with Gasteiger partial charge in [-0.25, -0.2) is 0 Å². The van der Waals surface area contributed by atoms with Crippen LogP contribution in [0.5, 0.6) is 0 Å². The Morgan fingerprint density at radius 2 is 1.31 bits per heavy atom. The number of nitro benzene ring substituents is 1. The maximum atomic E-state index is 14.0. The van der Waals surface area contributed by atoms with Crippen molar-refractivity contribution in [3.63, 3.8) is 0 Å². The first-order chi connectivity index (χ1) is 16.7. The molecule has 2 amide bonds. The number of carbonyl (C=O) groups excluding carboxylic acids is 2. The lowest BCUT2D eigenvalue weighted by molar-refractivity contribution is -0.384. The summed E-state index contributed by atoms with van der Waals surface area (Å²) in [4.78, 5) is 38.8. The first kappa shape index (κ1) is 27.2. The number of carbonyl (C=O) groups is 2. The van der Waals surface area contributed by atoms with Crippen LogP contribution in [-0.4, -0.2) is 33.7 Å². The van der Waals surface area contributed by atoms with Gasteiger partial charge in [-0.2, -0.15) is 0 Å². The van der Waals surface area contributed by atoms with Crippen molar-refractivity contribution in [3.8, 4) is 0 Å². The molecule has 7 heteroatoms. The molecule has 0 aromatic heterocycles. The van der Waals surface area contributed by atoms with Crippen LogP contribution in [0.3, 0.4) is 0 Å². The number of nitro groups is 1. The number of non-ortho nitro benzene ring substituents is 1. The van der Waals surface area contributed by atoms with Gasteiger partial charge in [-0.3, -0.25) is 19.7 Å². The van der Waals surface area contributed by atoms with Crippen molar-refractivity contribution in [2.24, 2.45) is 29.4 Å². The van der Waals surface area contributed by atoms with Crippen molar-refractivity contribution in [3.05, 3.63) is 39.4 Å². The van der Waals surface area contributed by atoms with Gasteiger partial charge in [0.25, 0.3) is 11.6 Å². The monoisotopic (exact) mass is 485 g/mol. The Labute approximate surface area is 210 Å². The Morgan fingerprint density at radius 3 is 1.69 bits per heavy atom. The lowest BCUT2D eigenvalue weighted by Gasteiger charge is -2.45. The Morgan fingerprint density at radius 1 is 0.886 bits per heavy atom. The van der Waals surface area contributed by atoms with Gasteiger partial charge in [-0.05, 0) is 81.1 Å². The standard InChI is InChI=1S/C28H43N3O4/c1-5-18(3)20-7-11-24(12-8-20)30(25-13-9-21(10-14-25)19(4)6-2)28(33)23-15-22(27(29)32)16-26(17-23)31(34)35/h15-21,24-25H,5-14H2,1-4H3,(H2,29,32)/t18?,19?,20-,21-,24+,25+. The summed E-state index contributed by atoms with van der Waals surface area (Å²) in [5, 5.41) is 11.5. The molecule has 2 N–H and O–H groups in total. The van der Waals surface area contributed by atoms with Crippen LogP contribution in [0.4, 0.5) is 5.69 Å². The molecule has 194 valence electrons. The number of benzene rings is 1. The van der Waals surface area contributed by atoms with Crippen LogP contribution < -0.4 is 5.73 Å². The molecule has 1 aromatic carbocycles. The molecule has 2 saturated carbocycles. The van der Waals surface area contributed by atoms with Crippen LogP contribution in [0.25, 0.3) is 0 Å². The third-order valence-corrected chi connectivity index (χ3v) is 9.06. The minimum absolute atomic E-state index is 0.00320. The maximum Gasteiger partial charge on any atom is 0.271 e. The second-order valence-electron chi connectivity index (χ2n) is 11.0. The fourth-order valence-corrected chi connectivity index (χ4v) is 6.33. The van der Waals surface area contributed by atoms with Crippen LogP contribution in [0.2, 0.25) is 0 Å². The highest BCUT2D eigenvalue weighted by Gasteiger charge is 2.37. The topological polar surface area (TPSA) is 107 Å². The zero-order valence-electron chi connectivity index (χ0n) is 21.9. The Kier molecular flexibility index (Phi) is 9.31. The minimum Gasteiger partial charge on any atom is -0.366 e. The highest BCUT2D eigenvalue weighted by Crippen LogP contribution is 2.39. The van der Waals surface area contributed by atoms with Gasteiger partial charge in [0.1, 0.15) is 0 Å². The molecule has 35 heavy (non-hydrogen) atoms. The van der Waals surface area contributed by atoms with E-state index in [2.05, 4.69) is 27.7 Å². The molecule has 2 atom stereocenters. The quantitative estimate of drug-likeness (QED) is 0.325. The van der Waals surface area contributed by atoms with Gasteiger partial charge in [0.15, 0.2) is 0 Å². The third kappa shape index (κ3) is 6.42. The predicted octanol–water partition coefficient (Wildman–Crippen LogP) is 6.35. The van der Waals surface area contributed by atoms with Gasteiger partial charge in [0.2, 0.25) is 5.91 Å². The molecule has 0 heterocycles. The summed E-state index contributed by atoms with van der Waals surface area (Å²) in [6.45, 7) is 9.11. The van der Waals surface area contributed by atoms with E-state index in [1.165, 1.54) is 25.0 Å². The average Bonchev–Trinajstić information content (AvgIpc) is 2.88. The first-order valence-electron chi connectivity index (χ1n) is 13.6. The van der Waals surface area contributed by atoms with E-state index in [1.54, 1.807) is 0 Å². The van der Waals surface area contributed by atoms with Crippen LogP contribution in [-0.2, 0) is 0 Å². The third-order valence-electron chi connectivity index (χ3n) is 9.06. The Bertz CT molecular complexity index is 839. The lowest BCUT2D eigenvalue weighted by atomic mass is 9.75. The van der Waals surface area contributed by atoms with Crippen LogP contribution >= 0.6 is 0 Å². The second-order valence-corrected chi connectivity index (χ2v) is 11.0. The number of hydrogen-bond donors (Lipinski definition) is 1. The Balaban J connectivity index is 1.89. The SMILES string of the molecule is CCC(C)[C@H]1CC[C@@H](N(C(=O)c2cc(C(N)=O)cc([N+](=O)[O-])c2)[C@H]2CC[C@@H](C(C)CC)CC2)CC1. The van der Waals surface area contributed by atoms with Crippen molar-refractivity contribution >= 4 is 17.5 Å². The molecular formula is C28H43N3O4. The van der Waals surface area contributed by atoms with E-state index in [0.717, 1.165) is 57.4 Å². The minimum atomic E-state index is -0.766. The van der Waals surface area contributed by atoms with Crippen LogP contribution in [0.15, 0.2) is 18.2 Å². The van der Waals surface area contributed by atoms with E-state index >= 15 is 0 Å². The van der Waals surface area contributed by atoms with Gasteiger partial charge in [-0.15, -0.1) is 0 Å². The molecule has 1 aromatic rings. The van der Waals surface area contributed by atoms with E-state index in [1.807, 2.05) is 4.90 Å². The van der Waals surface area contributed by atoms with Crippen molar-refractivity contribution in [2.75, 3.05) is 0 Å². The number of amides is 2. The summed E-state index contributed by atoms with van der Waals surface area (Å²) in [5.41, 5.74) is 5.37. The van der Waals surface area contributed by atoms with Crippen molar-refractivity contribution < 1.29 is 14.5 Å². The molecule has 2 unspecified atom stereocenters. The molecule has 0 bridgehead atoms. The van der Waals surface area contributed by atoms with E-state index in [-0.39, 0.29) is 34.8 Å². The van der Waals surface area contributed by atoms with Gasteiger partial charge >= 0.3 is 0 Å². The van der Waals surface area contributed by atoms with Crippen LogP contribution in [0.1, 0.15) is 113 Å².